The number of hydrogen-bond acceptors (Lipinski definition) is 13. The van der Waals surface area contributed by atoms with Gasteiger partial charge < -0.3 is 13.3 Å². The van der Waals surface area contributed by atoms with Crippen molar-refractivity contribution < 1.29 is 22.0 Å². The molecule has 0 aliphatic heterocycles. The Morgan fingerprint density at radius 3 is 1.94 bits per heavy atom. The van der Waals surface area contributed by atoms with E-state index < -0.39 is 11.6 Å². The summed E-state index contributed by atoms with van der Waals surface area (Å²) in [4.78, 5) is 33.7. The number of hydrogen-bond donors (Lipinski definition) is 0. The predicted molar refractivity (Wildman–Crippen MR) is 110 cm³/mol. The lowest BCUT2D eigenvalue weighted by atomic mass is 10.3. The Morgan fingerprint density at radius 2 is 1.20 bits per heavy atom. The Morgan fingerprint density at radius 1 is 0.571 bits per heavy atom. The van der Waals surface area contributed by atoms with Gasteiger partial charge in [0, 0.05) is 12.1 Å². The molecule has 0 spiro atoms. The number of fused-ring (bicyclic) bond motifs is 3. The molecule has 13 nitrogen and oxygen atoms in total. The van der Waals surface area contributed by atoms with Crippen LogP contribution < -0.4 is 0 Å². The largest absolute Gasteiger partial charge is 0.433 e. The van der Waals surface area contributed by atoms with Gasteiger partial charge in [-0.25, -0.2) is 28.7 Å². The third-order valence-corrected chi connectivity index (χ3v) is 4.82. The molecule has 0 fully saturated rings. The van der Waals surface area contributed by atoms with Crippen molar-refractivity contribution in [2.24, 2.45) is 0 Å². The number of aromatic nitrogens is 10. The Bertz CT molecular complexity index is 1720. The van der Waals surface area contributed by atoms with Gasteiger partial charge in [0.1, 0.15) is 22.9 Å². The van der Waals surface area contributed by atoms with Crippen LogP contribution in [0, 0.1) is 11.6 Å². The van der Waals surface area contributed by atoms with Crippen molar-refractivity contribution in [3.05, 3.63) is 48.7 Å². The fraction of sp³-hybridized carbons (Fsp3) is 0. The van der Waals surface area contributed by atoms with Crippen LogP contribution in [0.15, 0.2) is 50.3 Å². The smallest absolute Gasteiger partial charge is 0.267 e. The Balaban J connectivity index is 1.45. The molecule has 0 bridgehead atoms. The molecule has 0 saturated carbocycles. The second-order valence-corrected chi connectivity index (χ2v) is 7.05. The van der Waals surface area contributed by atoms with Crippen molar-refractivity contribution in [1.29, 1.82) is 0 Å². The van der Waals surface area contributed by atoms with Crippen LogP contribution in [-0.4, -0.2) is 50.1 Å². The van der Waals surface area contributed by atoms with Crippen molar-refractivity contribution in [2.75, 3.05) is 0 Å². The lowest BCUT2D eigenvalue weighted by Gasteiger charge is -2.00. The summed E-state index contributed by atoms with van der Waals surface area (Å²) >= 11 is 0. The molecule has 7 aromatic rings. The molecule has 0 unspecified atom stereocenters. The zero-order chi connectivity index (χ0) is 23.5. The summed E-state index contributed by atoms with van der Waals surface area (Å²) in [5, 5.41) is 7.52. The highest BCUT2D eigenvalue weighted by atomic mass is 19.2. The van der Waals surface area contributed by atoms with Crippen LogP contribution in [0.4, 0.5) is 8.78 Å². The minimum absolute atomic E-state index is 0.00133. The first-order valence-corrected chi connectivity index (χ1v) is 9.77. The van der Waals surface area contributed by atoms with Gasteiger partial charge >= 0.3 is 0 Å². The molecule has 6 aromatic heterocycles. The summed E-state index contributed by atoms with van der Waals surface area (Å²) in [6.45, 7) is 0. The molecule has 0 radical (unpaired) electrons. The summed E-state index contributed by atoms with van der Waals surface area (Å²) in [5.74, 6) is -2.41. The van der Waals surface area contributed by atoms with Gasteiger partial charge in [-0.2, -0.15) is 30.1 Å². The molecule has 7 rings (SSSR count). The van der Waals surface area contributed by atoms with Gasteiger partial charge in [0.15, 0.2) is 22.8 Å². The molecule has 1 aromatic carbocycles. The number of halogens is 2. The minimum atomic E-state index is -1.08. The van der Waals surface area contributed by atoms with Crippen molar-refractivity contribution in [1.82, 2.24) is 50.1 Å². The topological polar surface area (TPSA) is 168 Å². The molecular weight excluding hydrogens is 466 g/mol. The lowest BCUT2D eigenvalue weighted by Crippen LogP contribution is -2.00. The van der Waals surface area contributed by atoms with Crippen LogP contribution in [0.1, 0.15) is 0 Å². The van der Waals surface area contributed by atoms with Gasteiger partial charge in [-0.15, -0.1) is 0 Å². The predicted octanol–water partition coefficient (Wildman–Crippen LogP) is 3.15. The second kappa shape index (κ2) is 7.08. The lowest BCUT2D eigenvalue weighted by molar-refractivity contribution is 0.507. The molecule has 0 aliphatic carbocycles. The average molecular weight is 472 g/mol. The third-order valence-electron chi connectivity index (χ3n) is 4.82. The van der Waals surface area contributed by atoms with Gasteiger partial charge in [0.05, 0.1) is 18.6 Å². The summed E-state index contributed by atoms with van der Waals surface area (Å²) < 4.78 is 44.3. The Labute approximate surface area is 190 Å². The number of nitrogens with zero attached hydrogens (tertiary/aromatic N) is 10. The van der Waals surface area contributed by atoms with E-state index in [4.69, 9.17) is 13.3 Å². The normalized spacial score (nSPS) is 11.7. The fourth-order valence-electron chi connectivity index (χ4n) is 3.27. The summed E-state index contributed by atoms with van der Waals surface area (Å²) in [7, 11) is 0. The van der Waals surface area contributed by atoms with Crippen LogP contribution in [0.2, 0.25) is 0 Å². The first kappa shape index (κ1) is 19.2. The van der Waals surface area contributed by atoms with E-state index in [1.54, 1.807) is 0 Å². The molecule has 0 N–H and O–H groups in total. The highest BCUT2D eigenvalue weighted by Crippen LogP contribution is 2.29. The maximum atomic E-state index is 13.7. The number of oxazole rings is 3. The number of benzene rings is 1. The van der Waals surface area contributed by atoms with Crippen molar-refractivity contribution in [3.8, 4) is 35.1 Å². The Hall–Kier alpha value is -5.34. The van der Waals surface area contributed by atoms with E-state index in [9.17, 15) is 8.78 Å². The quantitative estimate of drug-likeness (QED) is 0.368. The van der Waals surface area contributed by atoms with Crippen molar-refractivity contribution in [3.63, 3.8) is 0 Å². The average Bonchev–Trinajstić information content (AvgIpc) is 3.60. The van der Waals surface area contributed by atoms with Crippen LogP contribution in [0.25, 0.3) is 68.6 Å². The van der Waals surface area contributed by atoms with Gasteiger partial charge in [-0.05, 0) is 0 Å². The van der Waals surface area contributed by atoms with Gasteiger partial charge in [0.25, 0.3) is 23.4 Å². The third kappa shape index (κ3) is 3.13. The van der Waals surface area contributed by atoms with E-state index in [-0.39, 0.29) is 52.0 Å². The van der Waals surface area contributed by atoms with Crippen molar-refractivity contribution >= 4 is 33.4 Å². The maximum Gasteiger partial charge on any atom is 0.267 e. The van der Waals surface area contributed by atoms with Crippen LogP contribution in [-0.2, 0) is 0 Å². The second-order valence-electron chi connectivity index (χ2n) is 7.05. The molecule has 15 heteroatoms. The molecule has 0 saturated heterocycles. The highest BCUT2D eigenvalue weighted by molar-refractivity contribution is 5.76. The monoisotopic (exact) mass is 472 g/mol. The van der Waals surface area contributed by atoms with E-state index in [1.165, 1.54) is 24.9 Å². The molecule has 0 amide bonds. The van der Waals surface area contributed by atoms with Gasteiger partial charge in [0.2, 0.25) is 17.5 Å². The zero-order valence-electron chi connectivity index (χ0n) is 16.9. The first-order valence-electron chi connectivity index (χ1n) is 9.77. The molecule has 6 heterocycles. The van der Waals surface area contributed by atoms with E-state index in [0.29, 0.717) is 16.6 Å². The van der Waals surface area contributed by atoms with Crippen LogP contribution in [0.5, 0.6) is 0 Å². The van der Waals surface area contributed by atoms with E-state index >= 15 is 0 Å². The summed E-state index contributed by atoms with van der Waals surface area (Å²) in [5.41, 5.74) is 1.42. The van der Waals surface area contributed by atoms with E-state index in [2.05, 4.69) is 50.1 Å². The summed E-state index contributed by atoms with van der Waals surface area (Å²) in [6.07, 6.45) is 5.56. The fourth-order valence-corrected chi connectivity index (χ4v) is 3.27. The van der Waals surface area contributed by atoms with Crippen molar-refractivity contribution in [2.45, 2.75) is 0 Å². The first-order chi connectivity index (χ1) is 17.1. The van der Waals surface area contributed by atoms with Crippen LogP contribution >= 0.6 is 0 Å². The summed E-state index contributed by atoms with van der Waals surface area (Å²) in [6, 6.07) is 1.78. The van der Waals surface area contributed by atoms with E-state index in [1.807, 2.05) is 0 Å². The molecule has 0 aliphatic rings. The SMILES string of the molecule is Fc1cc2nc(-c3nc(-c4nc5cnncc5o4)nc(-c4nc5cncnc5o4)n3)oc2cc1F. The number of rotatable bonds is 3. The zero-order valence-corrected chi connectivity index (χ0v) is 16.9. The standard InChI is InChI=1S/C20H6F2N10O3/c21-7-1-9-12(2-8(7)22)33-18(27-9)14-30-15(19-28-10-4-25-26-5-13(10)34-19)32-16(31-14)20-29-11-3-23-6-24-17(11)35-20/h1-6H. The van der Waals surface area contributed by atoms with Crippen LogP contribution in [0.3, 0.4) is 0 Å². The molecule has 35 heavy (non-hydrogen) atoms. The highest BCUT2D eigenvalue weighted by Gasteiger charge is 2.23. The molecular formula is C20H6F2N10O3. The van der Waals surface area contributed by atoms with Gasteiger partial charge in [-0.3, -0.25) is 0 Å². The molecule has 0 atom stereocenters. The van der Waals surface area contributed by atoms with E-state index in [0.717, 1.165) is 12.1 Å². The Kier molecular flexibility index (Phi) is 3.87. The van der Waals surface area contributed by atoms with Gasteiger partial charge in [-0.1, -0.05) is 0 Å². The molecule has 168 valence electrons. The maximum absolute atomic E-state index is 13.7. The minimum Gasteiger partial charge on any atom is -0.433 e.